The minimum Gasteiger partial charge on any atom is -0.339 e. The molecule has 2 aromatic heterocycles. The number of halogens is 1. The molecule has 0 bridgehead atoms. The summed E-state index contributed by atoms with van der Waals surface area (Å²) in [6.07, 6.45) is 6.53. The lowest BCUT2D eigenvalue weighted by Gasteiger charge is -2.38. The van der Waals surface area contributed by atoms with E-state index in [9.17, 15) is 4.79 Å². The van der Waals surface area contributed by atoms with Crippen LogP contribution < -0.4 is 0 Å². The summed E-state index contributed by atoms with van der Waals surface area (Å²) < 4.78 is 0.715. The monoisotopic (exact) mass is 322 g/mol. The fraction of sp³-hybridized carbons (Fsp3) is 0.429. The lowest BCUT2D eigenvalue weighted by molar-refractivity contribution is 0.0675. The number of likely N-dealkylation sites (tertiary alicyclic amines) is 1. The van der Waals surface area contributed by atoms with Crippen LogP contribution in [-0.2, 0) is 5.41 Å². The van der Waals surface area contributed by atoms with E-state index in [-0.39, 0.29) is 11.3 Å². The van der Waals surface area contributed by atoms with Gasteiger partial charge in [-0.3, -0.25) is 4.79 Å². The highest BCUT2D eigenvalue weighted by Crippen LogP contribution is 2.38. The standard InChI is InChI=1S/C14H15ClN4OS/c1-14(13-16-9-11(15)21-13)3-6-19(7-4-14)12(20)10-2-5-17-18-8-10/h2,5,8-9H,3-4,6-7H2,1H3. The van der Waals surface area contributed by atoms with Gasteiger partial charge in [0.25, 0.3) is 5.91 Å². The largest absolute Gasteiger partial charge is 0.339 e. The minimum absolute atomic E-state index is 0.00504. The third kappa shape index (κ3) is 2.91. The molecule has 1 saturated heterocycles. The molecule has 1 aliphatic heterocycles. The van der Waals surface area contributed by atoms with Crippen molar-refractivity contribution in [1.82, 2.24) is 20.1 Å². The highest BCUT2D eigenvalue weighted by Gasteiger charge is 2.35. The molecular formula is C14H15ClN4OS. The van der Waals surface area contributed by atoms with Crippen LogP contribution in [0.25, 0.3) is 0 Å². The molecule has 21 heavy (non-hydrogen) atoms. The Bertz CT molecular complexity index is 637. The summed E-state index contributed by atoms with van der Waals surface area (Å²) in [5.41, 5.74) is 0.594. The first-order valence-corrected chi connectivity index (χ1v) is 7.96. The van der Waals surface area contributed by atoms with Crippen molar-refractivity contribution < 1.29 is 4.79 Å². The molecule has 0 aromatic carbocycles. The van der Waals surface area contributed by atoms with Crippen molar-refractivity contribution >= 4 is 28.8 Å². The summed E-state index contributed by atoms with van der Waals surface area (Å²) in [7, 11) is 0. The van der Waals surface area contributed by atoms with Crippen LogP contribution in [0, 0.1) is 0 Å². The van der Waals surface area contributed by atoms with E-state index in [0.717, 1.165) is 30.9 Å². The lowest BCUT2D eigenvalue weighted by Crippen LogP contribution is -2.43. The Hall–Kier alpha value is -1.53. The third-order valence-corrected chi connectivity index (χ3v) is 5.40. The number of carbonyl (C=O) groups excluding carboxylic acids is 1. The van der Waals surface area contributed by atoms with Crippen molar-refractivity contribution in [3.8, 4) is 0 Å². The number of hydrogen-bond acceptors (Lipinski definition) is 5. The predicted octanol–water partition coefficient (Wildman–Crippen LogP) is 2.78. The molecule has 3 heterocycles. The van der Waals surface area contributed by atoms with Crippen LogP contribution in [0.5, 0.6) is 0 Å². The summed E-state index contributed by atoms with van der Waals surface area (Å²) in [4.78, 5) is 18.6. The first-order valence-electron chi connectivity index (χ1n) is 6.76. The van der Waals surface area contributed by atoms with Gasteiger partial charge in [0.15, 0.2) is 0 Å². The van der Waals surface area contributed by atoms with Crippen molar-refractivity contribution in [3.05, 3.63) is 39.6 Å². The molecule has 0 unspecified atom stereocenters. The van der Waals surface area contributed by atoms with Gasteiger partial charge in [-0.15, -0.1) is 11.3 Å². The van der Waals surface area contributed by atoms with Gasteiger partial charge < -0.3 is 4.90 Å². The third-order valence-electron chi connectivity index (χ3n) is 3.98. The van der Waals surface area contributed by atoms with Crippen molar-refractivity contribution in [3.63, 3.8) is 0 Å². The lowest BCUT2D eigenvalue weighted by atomic mass is 9.81. The molecule has 3 rings (SSSR count). The van der Waals surface area contributed by atoms with Gasteiger partial charge in [-0.1, -0.05) is 18.5 Å². The molecule has 5 nitrogen and oxygen atoms in total. The second-order valence-corrected chi connectivity index (χ2v) is 7.12. The summed E-state index contributed by atoms with van der Waals surface area (Å²) in [6.45, 7) is 3.63. The molecule has 1 fully saturated rings. The number of aromatic nitrogens is 3. The van der Waals surface area contributed by atoms with Crippen LogP contribution in [0.2, 0.25) is 4.34 Å². The summed E-state index contributed by atoms with van der Waals surface area (Å²) >= 11 is 7.51. The van der Waals surface area contributed by atoms with Crippen molar-refractivity contribution in [1.29, 1.82) is 0 Å². The molecule has 1 amide bonds. The number of thiazole rings is 1. The van der Waals surface area contributed by atoms with E-state index in [2.05, 4.69) is 22.1 Å². The van der Waals surface area contributed by atoms with Crippen LogP contribution >= 0.6 is 22.9 Å². The topological polar surface area (TPSA) is 59.0 Å². The minimum atomic E-state index is 0.00504. The van der Waals surface area contributed by atoms with Gasteiger partial charge in [-0.2, -0.15) is 10.2 Å². The van der Waals surface area contributed by atoms with Crippen LogP contribution in [0.4, 0.5) is 0 Å². The van der Waals surface area contributed by atoms with Crippen molar-refractivity contribution in [2.45, 2.75) is 25.2 Å². The van der Waals surface area contributed by atoms with Gasteiger partial charge in [0, 0.05) is 18.5 Å². The van der Waals surface area contributed by atoms with Gasteiger partial charge in [-0.05, 0) is 18.9 Å². The maximum atomic E-state index is 12.4. The molecule has 110 valence electrons. The molecule has 0 aliphatic carbocycles. The Kier molecular flexibility index (Phi) is 3.91. The highest BCUT2D eigenvalue weighted by atomic mass is 35.5. The average Bonchev–Trinajstić information content (AvgIpc) is 2.96. The smallest absolute Gasteiger partial charge is 0.255 e. The van der Waals surface area contributed by atoms with Gasteiger partial charge in [0.05, 0.1) is 24.2 Å². The molecule has 2 aromatic rings. The number of carbonyl (C=O) groups is 1. The van der Waals surface area contributed by atoms with Crippen molar-refractivity contribution in [2.75, 3.05) is 13.1 Å². The Balaban J connectivity index is 1.69. The first kappa shape index (κ1) is 14.4. The maximum absolute atomic E-state index is 12.4. The maximum Gasteiger partial charge on any atom is 0.255 e. The van der Waals surface area contributed by atoms with Crippen LogP contribution in [0.1, 0.15) is 35.1 Å². The summed E-state index contributed by atoms with van der Waals surface area (Å²) in [5.74, 6) is 0.0177. The first-order chi connectivity index (χ1) is 10.1. The summed E-state index contributed by atoms with van der Waals surface area (Å²) in [5, 5.41) is 8.52. The number of amides is 1. The van der Waals surface area contributed by atoms with E-state index in [0.29, 0.717) is 9.90 Å². The molecule has 7 heteroatoms. The molecule has 0 spiro atoms. The van der Waals surface area contributed by atoms with Crippen LogP contribution in [0.15, 0.2) is 24.7 Å². The fourth-order valence-electron chi connectivity index (χ4n) is 2.55. The Morgan fingerprint density at radius 3 is 2.67 bits per heavy atom. The normalized spacial score (nSPS) is 17.7. The van der Waals surface area contributed by atoms with Crippen LogP contribution in [0.3, 0.4) is 0 Å². The molecule has 1 aliphatic rings. The van der Waals surface area contributed by atoms with E-state index in [1.807, 2.05) is 4.90 Å². The van der Waals surface area contributed by atoms with Gasteiger partial charge in [0.2, 0.25) is 0 Å². The number of nitrogens with zero attached hydrogens (tertiary/aromatic N) is 4. The second kappa shape index (κ2) is 5.69. The average molecular weight is 323 g/mol. The quantitative estimate of drug-likeness (QED) is 0.853. The van der Waals surface area contributed by atoms with E-state index < -0.39 is 0 Å². The molecular weight excluding hydrogens is 308 g/mol. The van der Waals surface area contributed by atoms with Crippen molar-refractivity contribution in [2.24, 2.45) is 0 Å². The van der Waals surface area contributed by atoms with E-state index in [1.54, 1.807) is 18.5 Å². The summed E-state index contributed by atoms with van der Waals surface area (Å²) in [6, 6.07) is 1.70. The SMILES string of the molecule is CC1(c2ncc(Cl)s2)CCN(C(=O)c2ccnnc2)CC1. The Morgan fingerprint density at radius 1 is 1.33 bits per heavy atom. The fourth-order valence-corrected chi connectivity index (χ4v) is 3.66. The Labute approximate surface area is 132 Å². The number of piperidine rings is 1. The Morgan fingerprint density at radius 2 is 2.10 bits per heavy atom. The molecule has 0 radical (unpaired) electrons. The number of hydrogen-bond donors (Lipinski definition) is 0. The van der Waals surface area contributed by atoms with Gasteiger partial charge in [0.1, 0.15) is 9.34 Å². The number of rotatable bonds is 2. The van der Waals surface area contributed by atoms with E-state index in [1.165, 1.54) is 17.5 Å². The van der Waals surface area contributed by atoms with Gasteiger partial charge in [-0.25, -0.2) is 4.98 Å². The molecule has 0 saturated carbocycles. The van der Waals surface area contributed by atoms with Crippen LogP contribution in [-0.4, -0.2) is 39.1 Å². The van der Waals surface area contributed by atoms with E-state index >= 15 is 0 Å². The van der Waals surface area contributed by atoms with E-state index in [4.69, 9.17) is 11.6 Å². The zero-order valence-electron chi connectivity index (χ0n) is 11.6. The highest BCUT2D eigenvalue weighted by molar-refractivity contribution is 7.15. The second-order valence-electron chi connectivity index (χ2n) is 5.45. The zero-order chi connectivity index (χ0) is 14.9. The molecule has 0 atom stereocenters. The zero-order valence-corrected chi connectivity index (χ0v) is 13.2. The van der Waals surface area contributed by atoms with Gasteiger partial charge >= 0.3 is 0 Å². The molecule has 0 N–H and O–H groups in total. The predicted molar refractivity (Wildman–Crippen MR) is 81.6 cm³/mol.